The van der Waals surface area contributed by atoms with Crippen LogP contribution in [0.2, 0.25) is 5.02 Å². The molecule has 4 unspecified atom stereocenters. The number of fused-ring (bicyclic) bond motifs is 5. The molecule has 0 N–H and O–H groups in total. The van der Waals surface area contributed by atoms with Gasteiger partial charge in [-0.1, -0.05) is 123 Å². The van der Waals surface area contributed by atoms with Crippen LogP contribution in [0.1, 0.15) is 61.8 Å². The van der Waals surface area contributed by atoms with Gasteiger partial charge < -0.3 is 4.42 Å². The molecule has 0 radical (unpaired) electrons. The normalized spacial score (nSPS) is 20.8. The van der Waals surface area contributed by atoms with Gasteiger partial charge in [0.2, 0.25) is 0 Å². The van der Waals surface area contributed by atoms with Crippen LogP contribution in [0.3, 0.4) is 0 Å². The molecule has 0 fully saturated rings. The number of hydrogen-bond donors (Lipinski definition) is 0. The lowest BCUT2D eigenvalue weighted by Crippen LogP contribution is -2.28. The Morgan fingerprint density at radius 3 is 2.16 bits per heavy atom. The molecule has 0 amide bonds. The molecule has 3 heteroatoms. The number of rotatable bonds is 4. The highest BCUT2D eigenvalue weighted by Crippen LogP contribution is 2.45. The summed E-state index contributed by atoms with van der Waals surface area (Å²) in [7, 11) is 0. The summed E-state index contributed by atoms with van der Waals surface area (Å²) in [5.41, 5.74) is 6.59. The smallest absolute Gasteiger partial charge is 0.135 e. The van der Waals surface area contributed by atoms with Gasteiger partial charge in [0.1, 0.15) is 11.2 Å². The molecule has 1 aliphatic heterocycles. The molecule has 2 heterocycles. The fraction of sp³-hybridized carbons (Fsp3) is 0.214. The van der Waals surface area contributed by atoms with Gasteiger partial charge in [0.25, 0.3) is 0 Å². The maximum Gasteiger partial charge on any atom is 0.135 e. The highest BCUT2D eigenvalue weighted by molar-refractivity contribution is 6.32. The van der Waals surface area contributed by atoms with Crippen LogP contribution in [0.5, 0.6) is 0 Å². The molecule has 8 rings (SSSR count). The number of aliphatic imine (C=N–C) groups is 1. The second-order valence-electron chi connectivity index (χ2n) is 12.8. The molecule has 0 saturated carbocycles. The molecule has 45 heavy (non-hydrogen) atoms. The van der Waals surface area contributed by atoms with Gasteiger partial charge in [0.05, 0.1) is 6.04 Å². The Balaban J connectivity index is 1.32. The van der Waals surface area contributed by atoms with Gasteiger partial charge in [-0.2, -0.15) is 0 Å². The summed E-state index contributed by atoms with van der Waals surface area (Å²) in [5, 5.41) is 7.97. The number of halogens is 1. The van der Waals surface area contributed by atoms with Crippen molar-refractivity contribution < 1.29 is 4.42 Å². The van der Waals surface area contributed by atoms with Crippen LogP contribution in [0, 0.1) is 11.8 Å². The van der Waals surface area contributed by atoms with Crippen molar-refractivity contribution in [2.24, 2.45) is 16.8 Å². The van der Waals surface area contributed by atoms with Crippen molar-refractivity contribution in [3.63, 3.8) is 0 Å². The first-order valence-corrected chi connectivity index (χ1v) is 16.6. The van der Waals surface area contributed by atoms with Crippen molar-refractivity contribution in [2.45, 2.75) is 45.1 Å². The first-order valence-electron chi connectivity index (χ1n) is 16.2. The van der Waals surface area contributed by atoms with E-state index in [9.17, 15) is 0 Å². The van der Waals surface area contributed by atoms with Gasteiger partial charge >= 0.3 is 0 Å². The maximum atomic E-state index is 7.16. The molecule has 2 nitrogen and oxygen atoms in total. The number of hydrogen-bond acceptors (Lipinski definition) is 2. The van der Waals surface area contributed by atoms with Gasteiger partial charge in [-0.15, -0.1) is 0 Å². The largest absolute Gasteiger partial charge is 0.456 e. The van der Waals surface area contributed by atoms with Gasteiger partial charge in [0, 0.05) is 27.4 Å². The van der Waals surface area contributed by atoms with Gasteiger partial charge in [0.15, 0.2) is 0 Å². The van der Waals surface area contributed by atoms with Crippen LogP contribution in [0.25, 0.3) is 43.5 Å². The van der Waals surface area contributed by atoms with E-state index in [4.69, 9.17) is 21.0 Å². The minimum atomic E-state index is -0.0804. The Morgan fingerprint density at radius 1 is 0.689 bits per heavy atom. The minimum absolute atomic E-state index is 0.0804. The molecule has 0 spiro atoms. The van der Waals surface area contributed by atoms with E-state index >= 15 is 0 Å². The molecule has 1 aromatic heterocycles. The Labute approximate surface area is 269 Å². The molecule has 0 aliphatic carbocycles. The topological polar surface area (TPSA) is 25.5 Å². The summed E-state index contributed by atoms with van der Waals surface area (Å²) in [6, 6.07) is 43.6. The van der Waals surface area contributed by atoms with Crippen molar-refractivity contribution in [2.75, 3.05) is 0 Å². The molecular formula is C42H36ClNO. The van der Waals surface area contributed by atoms with Crippen LogP contribution in [-0.4, -0.2) is 5.71 Å². The van der Waals surface area contributed by atoms with E-state index in [2.05, 4.69) is 117 Å². The van der Waals surface area contributed by atoms with E-state index in [1.54, 1.807) is 0 Å². The first kappa shape index (κ1) is 28.1. The molecule has 0 bridgehead atoms. The molecular weight excluding hydrogens is 570 g/mol. The molecule has 1 aliphatic rings. The minimum Gasteiger partial charge on any atom is -0.456 e. The summed E-state index contributed by atoms with van der Waals surface area (Å²) >= 11 is 7.16. The Morgan fingerprint density at radius 2 is 1.38 bits per heavy atom. The first-order chi connectivity index (χ1) is 22.1. The average Bonchev–Trinajstić information content (AvgIpc) is 3.43. The number of benzene rings is 6. The number of furan rings is 1. The predicted octanol–water partition coefficient (Wildman–Crippen LogP) is 12.3. The zero-order valence-electron chi connectivity index (χ0n) is 25.7. The van der Waals surface area contributed by atoms with Crippen molar-refractivity contribution in [3.8, 4) is 0 Å². The van der Waals surface area contributed by atoms with E-state index in [1.807, 2.05) is 18.2 Å². The quantitative estimate of drug-likeness (QED) is 0.196. The lowest BCUT2D eigenvalue weighted by Gasteiger charge is -2.35. The fourth-order valence-corrected chi connectivity index (χ4v) is 7.96. The van der Waals surface area contributed by atoms with Crippen LogP contribution in [0.4, 0.5) is 0 Å². The molecule has 7 aromatic rings. The fourth-order valence-electron chi connectivity index (χ4n) is 7.68. The zero-order chi connectivity index (χ0) is 30.5. The second kappa shape index (κ2) is 11.5. The van der Waals surface area contributed by atoms with Crippen LogP contribution < -0.4 is 0 Å². The average molecular weight is 606 g/mol. The third kappa shape index (κ3) is 5.02. The molecule has 222 valence electrons. The van der Waals surface area contributed by atoms with Crippen molar-refractivity contribution in [1.82, 2.24) is 0 Å². The number of nitrogens with zero attached hydrogens (tertiary/aromatic N) is 1. The summed E-state index contributed by atoms with van der Waals surface area (Å²) in [6.07, 6.45) is 3.15. The molecule has 0 saturated heterocycles. The maximum absolute atomic E-state index is 7.16. The Bertz CT molecular complexity index is 2230. The SMILES string of the molecule is CCC1C(c2ccc3ccccc3c2)=NC(c2cc3oc4ccccc4c3cc2Cl)C(C)CCC1c1ccc2ccccc2c1. The van der Waals surface area contributed by atoms with Gasteiger partial charge in [-0.25, -0.2) is 0 Å². The highest BCUT2D eigenvalue weighted by atomic mass is 35.5. The van der Waals surface area contributed by atoms with Gasteiger partial charge in [-0.05, 0) is 93.6 Å². The highest BCUT2D eigenvalue weighted by Gasteiger charge is 2.34. The van der Waals surface area contributed by atoms with E-state index in [0.29, 0.717) is 11.8 Å². The van der Waals surface area contributed by atoms with Crippen molar-refractivity contribution in [3.05, 3.63) is 143 Å². The Kier molecular flexibility index (Phi) is 7.19. The summed E-state index contributed by atoms with van der Waals surface area (Å²) < 4.78 is 6.33. The molecule has 6 aromatic carbocycles. The van der Waals surface area contributed by atoms with Crippen LogP contribution >= 0.6 is 11.6 Å². The number of para-hydroxylation sites is 1. The van der Waals surface area contributed by atoms with Crippen LogP contribution in [-0.2, 0) is 0 Å². The Hall–Kier alpha value is -4.40. The van der Waals surface area contributed by atoms with Crippen LogP contribution in [0.15, 0.2) is 131 Å². The van der Waals surface area contributed by atoms with E-state index < -0.39 is 0 Å². The standard InChI is InChI=1S/C42H36ClNO/c1-3-33-34(31-19-17-27-10-4-6-12-29(27)22-31)21-16-26(2)41(44-42(33)32-20-18-28-11-5-7-13-30(28)23-32)37-25-40-36(24-38(37)43)35-14-8-9-15-39(35)45-40/h4-15,17-20,22-26,33-34,41H,3,16,21H2,1-2H3. The summed E-state index contributed by atoms with van der Waals surface area (Å²) in [5.74, 6) is 0.915. The van der Waals surface area contributed by atoms with E-state index in [-0.39, 0.29) is 12.0 Å². The lowest BCUT2D eigenvalue weighted by atomic mass is 9.73. The third-order valence-electron chi connectivity index (χ3n) is 10.1. The third-order valence-corrected chi connectivity index (χ3v) is 10.4. The monoisotopic (exact) mass is 605 g/mol. The second-order valence-corrected chi connectivity index (χ2v) is 13.2. The van der Waals surface area contributed by atoms with E-state index in [0.717, 1.165) is 51.8 Å². The zero-order valence-corrected chi connectivity index (χ0v) is 26.5. The molecule has 4 atom stereocenters. The van der Waals surface area contributed by atoms with E-state index in [1.165, 1.54) is 38.4 Å². The van der Waals surface area contributed by atoms with Gasteiger partial charge in [-0.3, -0.25) is 4.99 Å². The van der Waals surface area contributed by atoms with Crippen molar-refractivity contribution >= 4 is 60.8 Å². The summed E-state index contributed by atoms with van der Waals surface area (Å²) in [4.78, 5) is 5.77. The van der Waals surface area contributed by atoms with Crippen molar-refractivity contribution in [1.29, 1.82) is 0 Å². The predicted molar refractivity (Wildman–Crippen MR) is 191 cm³/mol. The lowest BCUT2D eigenvalue weighted by molar-refractivity contribution is 0.362. The summed E-state index contributed by atoms with van der Waals surface area (Å²) in [6.45, 7) is 4.66.